The molecule has 1 heterocycles. The molecule has 67 valence electrons. The molecule has 13 heavy (non-hydrogen) atoms. The van der Waals surface area contributed by atoms with E-state index < -0.39 is 0 Å². The molecule has 0 spiro atoms. The summed E-state index contributed by atoms with van der Waals surface area (Å²) in [5, 5.41) is 0. The third-order valence-corrected chi connectivity index (χ3v) is 2.38. The van der Waals surface area contributed by atoms with Crippen LogP contribution in [0.3, 0.4) is 0 Å². The Kier molecular flexibility index (Phi) is 1.95. The number of benzene rings is 1. The van der Waals surface area contributed by atoms with Crippen molar-refractivity contribution in [3.8, 4) is 5.75 Å². The summed E-state index contributed by atoms with van der Waals surface area (Å²) in [5.41, 5.74) is 0.773. The van der Waals surface area contributed by atoms with Crippen molar-refractivity contribution in [1.82, 2.24) is 0 Å². The third kappa shape index (κ3) is 1.78. The van der Waals surface area contributed by atoms with Crippen molar-refractivity contribution in [3.05, 3.63) is 40.4 Å². The minimum absolute atomic E-state index is 0.235. The Morgan fingerprint density at radius 1 is 1.38 bits per heavy atom. The minimum Gasteiger partial charge on any atom is -0.483 e. The van der Waals surface area contributed by atoms with Gasteiger partial charge in [-0.15, -0.1) is 0 Å². The van der Waals surface area contributed by atoms with E-state index in [4.69, 9.17) is 4.74 Å². The average molecular weight is 238 g/mol. The van der Waals surface area contributed by atoms with Gasteiger partial charge in [0.25, 0.3) is 0 Å². The van der Waals surface area contributed by atoms with Crippen molar-refractivity contribution in [2.75, 3.05) is 0 Å². The van der Waals surface area contributed by atoms with E-state index in [9.17, 15) is 0 Å². The molecule has 0 saturated carbocycles. The van der Waals surface area contributed by atoms with Crippen LogP contribution in [0.2, 0.25) is 0 Å². The Hall–Kier alpha value is -0.760. The molecule has 1 aromatic rings. The van der Waals surface area contributed by atoms with Gasteiger partial charge in [0.15, 0.2) is 0 Å². The largest absolute Gasteiger partial charge is 0.483 e. The van der Waals surface area contributed by atoms with Gasteiger partial charge in [-0.05, 0) is 44.2 Å². The van der Waals surface area contributed by atoms with Crippen LogP contribution in [-0.4, -0.2) is 5.60 Å². The van der Waals surface area contributed by atoms with Crippen LogP contribution in [0.15, 0.2) is 28.7 Å². The maximum absolute atomic E-state index is 5.74. The molecule has 1 aliphatic rings. The summed E-state index contributed by atoms with van der Waals surface area (Å²) in [5.74, 6) is 0.899. The van der Waals surface area contributed by atoms with Crippen molar-refractivity contribution >= 4 is 15.9 Å². The summed E-state index contributed by atoms with van der Waals surface area (Å²) < 4.78 is 6.79. The van der Waals surface area contributed by atoms with Gasteiger partial charge in [-0.25, -0.2) is 0 Å². The van der Waals surface area contributed by atoms with Crippen LogP contribution in [0.5, 0.6) is 5.75 Å². The smallest absolute Gasteiger partial charge is 0.128 e. The SMILES string of the molecule is CC1(C)C=[C]c2cc(Br)ccc2O1. The number of hydrogen-bond acceptors (Lipinski definition) is 1. The molecular formula is C11H10BrO. The number of rotatable bonds is 0. The normalized spacial score (nSPS) is 17.8. The van der Waals surface area contributed by atoms with Gasteiger partial charge in [-0.3, -0.25) is 0 Å². The summed E-state index contributed by atoms with van der Waals surface area (Å²) in [6.07, 6.45) is 5.16. The maximum Gasteiger partial charge on any atom is 0.128 e. The first-order chi connectivity index (χ1) is 6.07. The number of hydrogen-bond donors (Lipinski definition) is 0. The summed E-state index contributed by atoms with van der Waals surface area (Å²) in [7, 11) is 0. The highest BCUT2D eigenvalue weighted by Gasteiger charge is 2.21. The molecule has 1 aromatic carbocycles. The molecule has 2 rings (SSSR count). The zero-order valence-electron chi connectivity index (χ0n) is 7.60. The highest BCUT2D eigenvalue weighted by Crippen LogP contribution is 2.31. The fourth-order valence-electron chi connectivity index (χ4n) is 1.27. The van der Waals surface area contributed by atoms with Crippen molar-refractivity contribution in [2.24, 2.45) is 0 Å². The lowest BCUT2D eigenvalue weighted by atomic mass is 10.0. The lowest BCUT2D eigenvalue weighted by Crippen LogP contribution is -2.27. The molecule has 0 aromatic heterocycles. The van der Waals surface area contributed by atoms with Crippen LogP contribution < -0.4 is 4.74 Å². The molecule has 1 radical (unpaired) electrons. The molecule has 0 fully saturated rings. The van der Waals surface area contributed by atoms with Crippen molar-refractivity contribution in [1.29, 1.82) is 0 Å². The molecular weight excluding hydrogens is 228 g/mol. The van der Waals surface area contributed by atoms with Gasteiger partial charge >= 0.3 is 0 Å². The second-order valence-corrected chi connectivity index (χ2v) is 4.55. The number of ether oxygens (including phenoxy) is 1. The molecule has 0 N–H and O–H groups in total. The van der Waals surface area contributed by atoms with E-state index in [2.05, 4.69) is 22.0 Å². The molecule has 0 unspecified atom stereocenters. The lowest BCUT2D eigenvalue weighted by Gasteiger charge is -2.27. The van der Waals surface area contributed by atoms with E-state index >= 15 is 0 Å². The minimum atomic E-state index is -0.235. The van der Waals surface area contributed by atoms with Gasteiger partial charge in [0.2, 0.25) is 0 Å². The monoisotopic (exact) mass is 237 g/mol. The maximum atomic E-state index is 5.74. The molecule has 2 heteroatoms. The van der Waals surface area contributed by atoms with Crippen LogP contribution >= 0.6 is 15.9 Å². The first-order valence-corrected chi connectivity index (χ1v) is 4.96. The van der Waals surface area contributed by atoms with E-state index in [1.54, 1.807) is 0 Å². The Bertz CT molecular complexity index is 366. The fourth-order valence-corrected chi connectivity index (χ4v) is 1.63. The zero-order valence-corrected chi connectivity index (χ0v) is 9.18. The molecule has 0 aliphatic carbocycles. The summed E-state index contributed by atoms with van der Waals surface area (Å²) in [6.45, 7) is 4.04. The van der Waals surface area contributed by atoms with E-state index in [0.29, 0.717) is 0 Å². The zero-order chi connectivity index (χ0) is 9.47. The Labute approximate surface area is 86.5 Å². The molecule has 0 saturated heterocycles. The van der Waals surface area contributed by atoms with Gasteiger partial charge in [-0.1, -0.05) is 15.9 Å². The van der Waals surface area contributed by atoms with E-state index in [1.165, 1.54) is 0 Å². The van der Waals surface area contributed by atoms with E-state index in [-0.39, 0.29) is 5.60 Å². The van der Waals surface area contributed by atoms with Crippen molar-refractivity contribution in [3.63, 3.8) is 0 Å². The van der Waals surface area contributed by atoms with Crippen LogP contribution in [0.4, 0.5) is 0 Å². The summed E-state index contributed by atoms with van der Waals surface area (Å²) in [4.78, 5) is 0. The average Bonchev–Trinajstić information content (AvgIpc) is 2.05. The van der Waals surface area contributed by atoms with Gasteiger partial charge in [-0.2, -0.15) is 0 Å². The predicted octanol–water partition coefficient (Wildman–Crippen LogP) is 3.33. The summed E-state index contributed by atoms with van der Waals surface area (Å²) in [6, 6.07) is 5.93. The Balaban J connectivity index is 2.47. The molecule has 1 aliphatic heterocycles. The van der Waals surface area contributed by atoms with Gasteiger partial charge < -0.3 is 4.74 Å². The van der Waals surface area contributed by atoms with Crippen LogP contribution in [0, 0.1) is 6.08 Å². The van der Waals surface area contributed by atoms with Crippen molar-refractivity contribution < 1.29 is 4.74 Å². The lowest BCUT2D eigenvalue weighted by molar-refractivity contribution is 0.156. The first-order valence-electron chi connectivity index (χ1n) is 4.16. The Morgan fingerprint density at radius 2 is 2.15 bits per heavy atom. The highest BCUT2D eigenvalue weighted by molar-refractivity contribution is 9.10. The highest BCUT2D eigenvalue weighted by atomic mass is 79.9. The predicted molar refractivity (Wildman–Crippen MR) is 55.8 cm³/mol. The van der Waals surface area contributed by atoms with Gasteiger partial charge in [0, 0.05) is 10.0 Å². The van der Waals surface area contributed by atoms with E-state index in [1.807, 2.05) is 38.1 Å². The quantitative estimate of drug-likeness (QED) is 0.673. The third-order valence-electron chi connectivity index (χ3n) is 1.89. The van der Waals surface area contributed by atoms with E-state index in [0.717, 1.165) is 15.8 Å². The topological polar surface area (TPSA) is 9.23 Å². The van der Waals surface area contributed by atoms with Crippen LogP contribution in [0.25, 0.3) is 0 Å². The Morgan fingerprint density at radius 3 is 2.92 bits per heavy atom. The van der Waals surface area contributed by atoms with Gasteiger partial charge in [0.1, 0.15) is 11.4 Å². The van der Waals surface area contributed by atoms with Crippen molar-refractivity contribution in [2.45, 2.75) is 19.4 Å². The molecule has 1 nitrogen and oxygen atoms in total. The second kappa shape index (κ2) is 2.88. The number of halogens is 1. The standard InChI is InChI=1S/C11H10BrO/c1-11(2)6-5-8-7-9(12)3-4-10(8)13-11/h3-4,6-7H,1-2H3. The fraction of sp³-hybridized carbons (Fsp3) is 0.273. The molecule has 0 bridgehead atoms. The number of fused-ring (bicyclic) bond motifs is 1. The van der Waals surface area contributed by atoms with Crippen LogP contribution in [-0.2, 0) is 0 Å². The van der Waals surface area contributed by atoms with Gasteiger partial charge in [0.05, 0.1) is 0 Å². The first kappa shape index (κ1) is 8.82. The second-order valence-electron chi connectivity index (χ2n) is 3.63. The summed E-state index contributed by atoms with van der Waals surface area (Å²) >= 11 is 3.41. The van der Waals surface area contributed by atoms with Crippen LogP contribution in [0.1, 0.15) is 19.4 Å². The molecule has 0 atom stereocenters. The molecule has 0 amide bonds.